The van der Waals surface area contributed by atoms with Gasteiger partial charge >= 0.3 is 0 Å². The van der Waals surface area contributed by atoms with E-state index in [9.17, 15) is 0 Å². The van der Waals surface area contributed by atoms with Gasteiger partial charge in [-0.1, -0.05) is 0 Å². The van der Waals surface area contributed by atoms with Crippen molar-refractivity contribution in [2.24, 2.45) is 0 Å². The molecule has 0 aliphatic rings. The van der Waals surface area contributed by atoms with E-state index in [0.29, 0.717) is 0 Å². The molecular weight excluding hydrogens is 150 g/mol. The van der Waals surface area contributed by atoms with Crippen LogP contribution in [0.4, 0.5) is 5.69 Å². The van der Waals surface area contributed by atoms with Gasteiger partial charge in [-0.25, -0.2) is 0 Å². The van der Waals surface area contributed by atoms with E-state index in [1.807, 2.05) is 13.2 Å². The fourth-order valence-electron chi connectivity index (χ4n) is 0.588. The monoisotopic (exact) mass is 159 g/mol. The zero-order valence-electron chi connectivity index (χ0n) is 5.47. The molecule has 0 saturated carbocycles. The highest BCUT2D eigenvalue weighted by Crippen LogP contribution is 2.31. The quantitative estimate of drug-likeness (QED) is 0.637. The predicted octanol–water partition coefficient (Wildman–Crippen LogP) is 2.36. The Morgan fingerprint density at radius 3 is 2.56 bits per heavy atom. The number of anilines is 1. The maximum Gasteiger partial charge on any atom is 0.0828 e. The van der Waals surface area contributed by atoms with Crippen molar-refractivity contribution in [2.75, 3.05) is 12.0 Å². The van der Waals surface area contributed by atoms with Gasteiger partial charge in [0.05, 0.1) is 9.90 Å². The Kier molecular flexibility index (Phi) is 2.03. The molecule has 3 heteroatoms. The number of rotatable bonds is 1. The Morgan fingerprint density at radius 2 is 2.33 bits per heavy atom. The van der Waals surface area contributed by atoms with Crippen LogP contribution in [0.25, 0.3) is 0 Å². The molecule has 0 aliphatic heterocycles. The lowest BCUT2D eigenvalue weighted by molar-refractivity contribution is 1.51. The number of thiophene rings is 1. The van der Waals surface area contributed by atoms with E-state index < -0.39 is 0 Å². The fourth-order valence-corrected chi connectivity index (χ4v) is 2.20. The summed E-state index contributed by atoms with van der Waals surface area (Å²) >= 11 is 3.42. The number of thioether (sulfide) groups is 1. The smallest absolute Gasteiger partial charge is 0.0828 e. The van der Waals surface area contributed by atoms with Gasteiger partial charge in [0.2, 0.25) is 0 Å². The minimum Gasteiger partial charge on any atom is -0.397 e. The third kappa shape index (κ3) is 1.22. The standard InChI is InChI=1S/C6H9NS2/c1-4-3-9-6(8-2)5(4)7/h3H,7H2,1-2H3. The predicted molar refractivity (Wildman–Crippen MR) is 45.2 cm³/mol. The van der Waals surface area contributed by atoms with Gasteiger partial charge in [-0.15, -0.1) is 23.1 Å². The Balaban J connectivity index is 3.04. The first kappa shape index (κ1) is 6.96. The Morgan fingerprint density at radius 1 is 1.67 bits per heavy atom. The SMILES string of the molecule is CSc1scc(C)c1N. The van der Waals surface area contributed by atoms with Gasteiger partial charge in [0.1, 0.15) is 0 Å². The fraction of sp³-hybridized carbons (Fsp3) is 0.333. The van der Waals surface area contributed by atoms with Crippen LogP contribution < -0.4 is 5.73 Å². The summed E-state index contributed by atoms with van der Waals surface area (Å²) in [6.07, 6.45) is 2.04. The molecule has 50 valence electrons. The largest absolute Gasteiger partial charge is 0.397 e. The van der Waals surface area contributed by atoms with Gasteiger partial charge < -0.3 is 5.73 Å². The molecule has 0 spiro atoms. The third-order valence-corrected chi connectivity index (χ3v) is 3.46. The van der Waals surface area contributed by atoms with Crippen LogP contribution in [0.5, 0.6) is 0 Å². The van der Waals surface area contributed by atoms with Gasteiger partial charge in [0.25, 0.3) is 0 Å². The summed E-state index contributed by atoms with van der Waals surface area (Å²) in [5, 5.41) is 2.08. The van der Waals surface area contributed by atoms with E-state index in [0.717, 1.165) is 5.69 Å². The molecule has 1 nitrogen and oxygen atoms in total. The number of nitrogen functional groups attached to an aromatic ring is 1. The number of hydrogen-bond donors (Lipinski definition) is 1. The molecule has 0 unspecified atom stereocenters. The lowest BCUT2D eigenvalue weighted by Gasteiger charge is -1.91. The molecule has 1 aromatic heterocycles. The summed E-state index contributed by atoms with van der Waals surface area (Å²) in [7, 11) is 0. The van der Waals surface area contributed by atoms with E-state index in [2.05, 4.69) is 5.38 Å². The first-order chi connectivity index (χ1) is 4.25. The maximum absolute atomic E-state index is 5.70. The summed E-state index contributed by atoms with van der Waals surface area (Å²) < 4.78 is 1.23. The van der Waals surface area contributed by atoms with E-state index in [1.54, 1.807) is 23.1 Å². The van der Waals surface area contributed by atoms with Crippen LogP contribution in [-0.4, -0.2) is 6.26 Å². The summed E-state index contributed by atoms with van der Waals surface area (Å²) in [6.45, 7) is 2.03. The van der Waals surface area contributed by atoms with Crippen molar-refractivity contribution >= 4 is 28.8 Å². The van der Waals surface area contributed by atoms with Crippen LogP contribution in [0.3, 0.4) is 0 Å². The van der Waals surface area contributed by atoms with Crippen molar-refractivity contribution in [2.45, 2.75) is 11.1 Å². The second-order valence-corrected chi connectivity index (χ2v) is 3.78. The van der Waals surface area contributed by atoms with Crippen molar-refractivity contribution in [3.63, 3.8) is 0 Å². The van der Waals surface area contributed by atoms with E-state index in [-0.39, 0.29) is 0 Å². The van der Waals surface area contributed by atoms with E-state index in [1.165, 1.54) is 9.77 Å². The lowest BCUT2D eigenvalue weighted by atomic mass is 10.3. The summed E-state index contributed by atoms with van der Waals surface area (Å²) in [4.78, 5) is 0. The van der Waals surface area contributed by atoms with Crippen LogP contribution in [0, 0.1) is 6.92 Å². The highest BCUT2D eigenvalue weighted by Gasteiger charge is 2.01. The van der Waals surface area contributed by atoms with Crippen molar-refractivity contribution in [3.05, 3.63) is 10.9 Å². The minimum atomic E-state index is 0.951. The number of aryl methyl sites for hydroxylation is 1. The molecule has 0 fully saturated rings. The van der Waals surface area contributed by atoms with E-state index >= 15 is 0 Å². The first-order valence-corrected chi connectivity index (χ1v) is 4.73. The zero-order valence-corrected chi connectivity index (χ0v) is 7.10. The molecule has 2 N–H and O–H groups in total. The average Bonchev–Trinajstić information content (AvgIpc) is 2.15. The Bertz CT molecular complexity index is 205. The molecule has 0 saturated heterocycles. The molecule has 0 amide bonds. The van der Waals surface area contributed by atoms with Gasteiger partial charge in [-0.3, -0.25) is 0 Å². The molecule has 1 heterocycles. The average molecular weight is 159 g/mol. The lowest BCUT2D eigenvalue weighted by Crippen LogP contribution is -1.84. The van der Waals surface area contributed by atoms with Crippen LogP contribution in [-0.2, 0) is 0 Å². The normalized spacial score (nSPS) is 10.0. The molecule has 0 aromatic carbocycles. The maximum atomic E-state index is 5.70. The van der Waals surface area contributed by atoms with Crippen molar-refractivity contribution in [3.8, 4) is 0 Å². The topological polar surface area (TPSA) is 26.0 Å². The second kappa shape index (κ2) is 2.62. The first-order valence-electron chi connectivity index (χ1n) is 2.63. The second-order valence-electron chi connectivity index (χ2n) is 1.82. The van der Waals surface area contributed by atoms with Crippen molar-refractivity contribution in [1.82, 2.24) is 0 Å². The highest BCUT2D eigenvalue weighted by atomic mass is 32.2. The molecule has 0 atom stereocenters. The zero-order chi connectivity index (χ0) is 6.85. The van der Waals surface area contributed by atoms with Crippen LogP contribution >= 0.6 is 23.1 Å². The molecule has 0 bridgehead atoms. The van der Waals surface area contributed by atoms with Gasteiger partial charge in [-0.2, -0.15) is 0 Å². The number of nitrogens with two attached hydrogens (primary N) is 1. The molecular formula is C6H9NS2. The summed E-state index contributed by atoms with van der Waals surface area (Å²) in [6, 6.07) is 0. The molecule has 0 radical (unpaired) electrons. The summed E-state index contributed by atoms with van der Waals surface area (Å²) in [5.74, 6) is 0. The van der Waals surface area contributed by atoms with Gasteiger partial charge in [-0.05, 0) is 24.1 Å². The Labute approximate surface area is 63.3 Å². The van der Waals surface area contributed by atoms with Crippen LogP contribution in [0.15, 0.2) is 9.59 Å². The molecule has 9 heavy (non-hydrogen) atoms. The molecule has 1 rings (SSSR count). The van der Waals surface area contributed by atoms with Gasteiger partial charge in [0.15, 0.2) is 0 Å². The minimum absolute atomic E-state index is 0.951. The molecule has 1 aromatic rings. The number of hydrogen-bond acceptors (Lipinski definition) is 3. The third-order valence-electron chi connectivity index (χ3n) is 1.17. The van der Waals surface area contributed by atoms with Crippen LogP contribution in [0.2, 0.25) is 0 Å². The van der Waals surface area contributed by atoms with Gasteiger partial charge in [0, 0.05) is 0 Å². The van der Waals surface area contributed by atoms with Crippen molar-refractivity contribution in [1.29, 1.82) is 0 Å². The van der Waals surface area contributed by atoms with Crippen LogP contribution in [0.1, 0.15) is 5.56 Å². The summed E-state index contributed by atoms with van der Waals surface area (Å²) in [5.41, 5.74) is 7.85. The van der Waals surface area contributed by atoms with E-state index in [4.69, 9.17) is 5.73 Å². The molecule has 0 aliphatic carbocycles. The van der Waals surface area contributed by atoms with Crippen molar-refractivity contribution < 1.29 is 0 Å². The highest BCUT2D eigenvalue weighted by molar-refractivity contribution is 8.00. The Hall–Kier alpha value is -0.150.